The van der Waals surface area contributed by atoms with Crippen LogP contribution < -0.4 is 5.32 Å². The Labute approximate surface area is 89.6 Å². The summed E-state index contributed by atoms with van der Waals surface area (Å²) in [7, 11) is 0. The molecule has 0 saturated carbocycles. The van der Waals surface area contributed by atoms with Crippen molar-refractivity contribution in [3.8, 4) is 0 Å². The fourth-order valence-electron chi connectivity index (χ4n) is 2.01. The molecule has 0 aliphatic carbocycles. The van der Waals surface area contributed by atoms with Gasteiger partial charge in [0.15, 0.2) is 0 Å². The van der Waals surface area contributed by atoms with Crippen LogP contribution in [0.5, 0.6) is 0 Å². The number of carbonyl (C=O) groups is 1. The summed E-state index contributed by atoms with van der Waals surface area (Å²) in [5.74, 6) is 0.158. The van der Waals surface area contributed by atoms with Gasteiger partial charge in [-0.15, -0.1) is 6.58 Å². The number of aromatic amines is 1. The topological polar surface area (TPSA) is 44.9 Å². The quantitative estimate of drug-likeness (QED) is 0.724. The van der Waals surface area contributed by atoms with Gasteiger partial charge in [-0.25, -0.2) is 0 Å². The highest BCUT2D eigenvalue weighted by Gasteiger charge is 2.24. The average Bonchev–Trinajstić information content (AvgIpc) is 2.68. The average molecular weight is 204 g/mol. The van der Waals surface area contributed by atoms with E-state index in [1.807, 2.05) is 18.2 Å². The highest BCUT2D eigenvalue weighted by atomic mass is 16.1. The van der Waals surface area contributed by atoms with Crippen molar-refractivity contribution in [2.45, 2.75) is 25.2 Å². The van der Waals surface area contributed by atoms with E-state index in [9.17, 15) is 4.79 Å². The lowest BCUT2D eigenvalue weighted by atomic mass is 9.95. The zero-order chi connectivity index (χ0) is 10.7. The Bertz CT molecular complexity index is 367. The molecule has 1 atom stereocenters. The van der Waals surface area contributed by atoms with Crippen molar-refractivity contribution in [2.75, 3.05) is 6.54 Å². The molecule has 0 aromatic carbocycles. The van der Waals surface area contributed by atoms with Crippen LogP contribution in [0, 0.1) is 0 Å². The van der Waals surface area contributed by atoms with Gasteiger partial charge in [-0.3, -0.25) is 4.79 Å². The molecule has 80 valence electrons. The predicted molar refractivity (Wildman–Crippen MR) is 59.7 cm³/mol. The molecular weight excluding hydrogens is 188 g/mol. The van der Waals surface area contributed by atoms with Gasteiger partial charge in [-0.2, -0.15) is 0 Å². The molecule has 15 heavy (non-hydrogen) atoms. The number of hydrogen-bond acceptors (Lipinski definition) is 1. The minimum Gasteiger partial charge on any atom is -0.361 e. The summed E-state index contributed by atoms with van der Waals surface area (Å²) < 4.78 is 0. The molecule has 1 aromatic heterocycles. The van der Waals surface area contributed by atoms with Gasteiger partial charge in [0.1, 0.15) is 0 Å². The molecule has 1 aromatic rings. The van der Waals surface area contributed by atoms with Crippen LogP contribution in [0.15, 0.2) is 24.8 Å². The lowest BCUT2D eigenvalue weighted by Gasteiger charge is -2.20. The summed E-state index contributed by atoms with van der Waals surface area (Å²) in [6, 6.07) is 4.04. The lowest BCUT2D eigenvalue weighted by Crippen LogP contribution is -2.35. The summed E-state index contributed by atoms with van der Waals surface area (Å²) in [6.07, 6.45) is 4.69. The molecule has 2 N–H and O–H groups in total. The maximum Gasteiger partial charge on any atom is 0.229 e. The van der Waals surface area contributed by atoms with E-state index < -0.39 is 0 Å². The van der Waals surface area contributed by atoms with Crippen LogP contribution in [0.25, 0.3) is 0 Å². The Balaban J connectivity index is 2.13. The molecule has 1 unspecified atom stereocenters. The summed E-state index contributed by atoms with van der Waals surface area (Å²) in [4.78, 5) is 14.9. The highest BCUT2D eigenvalue weighted by Crippen LogP contribution is 2.23. The smallest absolute Gasteiger partial charge is 0.229 e. The molecule has 1 aliphatic rings. The first-order valence-corrected chi connectivity index (χ1v) is 5.37. The Morgan fingerprint density at radius 1 is 1.53 bits per heavy atom. The van der Waals surface area contributed by atoms with Crippen LogP contribution in [-0.2, 0) is 11.2 Å². The Hall–Kier alpha value is -1.51. The molecular formula is C12H16N2O. The number of hydrogen-bond donors (Lipinski definition) is 2. The number of H-pyrrole nitrogens is 1. The molecule has 3 heteroatoms. The van der Waals surface area contributed by atoms with E-state index in [0.29, 0.717) is 0 Å². The Morgan fingerprint density at radius 2 is 2.40 bits per heavy atom. The molecule has 1 amide bonds. The monoisotopic (exact) mass is 204 g/mol. The summed E-state index contributed by atoms with van der Waals surface area (Å²) in [6.45, 7) is 4.51. The number of rotatable bonds is 3. The highest BCUT2D eigenvalue weighted by molar-refractivity contribution is 5.83. The number of amides is 1. The van der Waals surface area contributed by atoms with E-state index in [-0.39, 0.29) is 11.8 Å². The molecule has 2 rings (SSSR count). The first kappa shape index (κ1) is 10.0. The predicted octanol–water partition coefficient (Wildman–Crippen LogP) is 1.74. The van der Waals surface area contributed by atoms with Gasteiger partial charge in [-0.1, -0.05) is 6.08 Å². The number of carbonyl (C=O) groups excluding carboxylic acids is 1. The van der Waals surface area contributed by atoms with Gasteiger partial charge in [0.25, 0.3) is 0 Å². The van der Waals surface area contributed by atoms with E-state index >= 15 is 0 Å². The standard InChI is InChI=1S/C12H16N2O/c1-2-4-9-6-7-11(14-9)10-5-3-8-13-12(10)15/h2,6-7,10,14H,1,3-5,8H2,(H,13,15). The first-order chi connectivity index (χ1) is 7.31. The third kappa shape index (κ3) is 2.12. The van der Waals surface area contributed by atoms with Crippen molar-refractivity contribution >= 4 is 5.91 Å². The van der Waals surface area contributed by atoms with Crippen LogP contribution >= 0.6 is 0 Å². The van der Waals surface area contributed by atoms with Crippen LogP contribution in [0.2, 0.25) is 0 Å². The third-order valence-corrected chi connectivity index (χ3v) is 2.79. The molecule has 0 spiro atoms. The molecule has 1 saturated heterocycles. The minimum atomic E-state index is 0.0114. The second-order valence-electron chi connectivity index (χ2n) is 3.92. The molecule has 3 nitrogen and oxygen atoms in total. The van der Waals surface area contributed by atoms with Crippen molar-refractivity contribution in [3.63, 3.8) is 0 Å². The molecule has 1 aliphatic heterocycles. The van der Waals surface area contributed by atoms with Crippen LogP contribution in [0.1, 0.15) is 30.1 Å². The fraction of sp³-hybridized carbons (Fsp3) is 0.417. The fourth-order valence-corrected chi connectivity index (χ4v) is 2.01. The van der Waals surface area contributed by atoms with Crippen molar-refractivity contribution in [1.29, 1.82) is 0 Å². The second kappa shape index (κ2) is 4.34. The second-order valence-corrected chi connectivity index (χ2v) is 3.92. The van der Waals surface area contributed by atoms with Gasteiger partial charge in [-0.05, 0) is 25.0 Å². The van der Waals surface area contributed by atoms with Gasteiger partial charge in [0, 0.05) is 24.4 Å². The number of nitrogens with one attached hydrogen (secondary N) is 2. The van der Waals surface area contributed by atoms with E-state index in [1.165, 1.54) is 0 Å². The van der Waals surface area contributed by atoms with Crippen molar-refractivity contribution < 1.29 is 4.79 Å². The summed E-state index contributed by atoms with van der Waals surface area (Å²) in [5.41, 5.74) is 2.16. The molecule has 1 fully saturated rings. The van der Waals surface area contributed by atoms with E-state index in [1.54, 1.807) is 0 Å². The first-order valence-electron chi connectivity index (χ1n) is 5.37. The SMILES string of the molecule is C=CCc1ccc(C2CCCNC2=O)[nH]1. The van der Waals surface area contributed by atoms with Gasteiger partial charge in [0.2, 0.25) is 5.91 Å². The van der Waals surface area contributed by atoms with Crippen molar-refractivity contribution in [1.82, 2.24) is 10.3 Å². The minimum absolute atomic E-state index is 0.0114. The van der Waals surface area contributed by atoms with E-state index in [0.717, 1.165) is 37.2 Å². The Morgan fingerprint density at radius 3 is 3.13 bits per heavy atom. The largest absolute Gasteiger partial charge is 0.361 e. The van der Waals surface area contributed by atoms with Gasteiger partial charge < -0.3 is 10.3 Å². The van der Waals surface area contributed by atoms with Crippen molar-refractivity contribution in [2.24, 2.45) is 0 Å². The number of allylic oxidation sites excluding steroid dienone is 1. The normalized spacial score (nSPS) is 21.1. The summed E-state index contributed by atoms with van der Waals surface area (Å²) >= 11 is 0. The number of piperidine rings is 1. The van der Waals surface area contributed by atoms with Gasteiger partial charge >= 0.3 is 0 Å². The zero-order valence-electron chi connectivity index (χ0n) is 8.75. The third-order valence-electron chi connectivity index (χ3n) is 2.79. The lowest BCUT2D eigenvalue weighted by molar-refractivity contribution is -0.123. The maximum atomic E-state index is 11.6. The van der Waals surface area contributed by atoms with Gasteiger partial charge in [0.05, 0.1) is 5.92 Å². The zero-order valence-corrected chi connectivity index (χ0v) is 8.75. The van der Waals surface area contributed by atoms with E-state index in [4.69, 9.17) is 0 Å². The maximum absolute atomic E-state index is 11.6. The van der Waals surface area contributed by atoms with Crippen molar-refractivity contribution in [3.05, 3.63) is 36.2 Å². The molecule has 0 bridgehead atoms. The Kier molecular flexibility index (Phi) is 2.90. The number of aromatic nitrogens is 1. The van der Waals surface area contributed by atoms with Crippen LogP contribution in [0.3, 0.4) is 0 Å². The molecule has 0 radical (unpaired) electrons. The summed E-state index contributed by atoms with van der Waals surface area (Å²) in [5, 5.41) is 2.89. The van der Waals surface area contributed by atoms with E-state index in [2.05, 4.69) is 16.9 Å². The van der Waals surface area contributed by atoms with Crippen LogP contribution in [0.4, 0.5) is 0 Å². The van der Waals surface area contributed by atoms with Crippen LogP contribution in [-0.4, -0.2) is 17.4 Å². The molecule has 2 heterocycles.